The quantitative estimate of drug-likeness (QED) is 0.601. The van der Waals surface area contributed by atoms with Gasteiger partial charge in [-0.05, 0) is 39.5 Å². The molecule has 0 unspecified atom stereocenters. The fourth-order valence-corrected chi connectivity index (χ4v) is 4.66. The van der Waals surface area contributed by atoms with Crippen LogP contribution in [0.4, 0.5) is 0 Å². The van der Waals surface area contributed by atoms with E-state index in [-0.39, 0.29) is 41.7 Å². The van der Waals surface area contributed by atoms with Gasteiger partial charge in [-0.1, -0.05) is 53.7 Å². The number of hydrogen-bond donors (Lipinski definition) is 2. The summed E-state index contributed by atoms with van der Waals surface area (Å²) in [6.07, 6.45) is 0. The highest BCUT2D eigenvalue weighted by Gasteiger charge is 2.32. The third-order valence-electron chi connectivity index (χ3n) is 5.44. The maximum absolute atomic E-state index is 11.4. The SMILES string of the molecule is CC(C)(C)c1cc([C@@H](c2cccs2)N2CCNCC2)c(O)c(C(C)(C)C)c1.Cl.Cl. The van der Waals surface area contributed by atoms with Gasteiger partial charge < -0.3 is 10.4 Å². The molecule has 29 heavy (non-hydrogen) atoms. The molecule has 2 N–H and O–H groups in total. The fourth-order valence-electron chi connectivity index (χ4n) is 3.79. The Hall–Kier alpha value is -0.780. The average molecular weight is 460 g/mol. The number of aromatic hydroxyl groups is 1. The van der Waals surface area contributed by atoms with Gasteiger partial charge in [0.15, 0.2) is 0 Å². The van der Waals surface area contributed by atoms with Crippen LogP contribution in [-0.4, -0.2) is 36.2 Å². The predicted octanol–water partition coefficient (Wildman–Crippen LogP) is 5.89. The summed E-state index contributed by atoms with van der Waals surface area (Å²) in [4.78, 5) is 3.81. The normalized spacial score (nSPS) is 16.6. The fraction of sp³-hybridized carbons (Fsp3) is 0.565. The lowest BCUT2D eigenvalue weighted by atomic mass is 9.78. The van der Waals surface area contributed by atoms with Gasteiger partial charge in [0, 0.05) is 36.6 Å². The van der Waals surface area contributed by atoms with Crippen molar-refractivity contribution in [1.82, 2.24) is 10.2 Å². The van der Waals surface area contributed by atoms with Crippen LogP contribution in [0.2, 0.25) is 0 Å². The van der Waals surface area contributed by atoms with E-state index in [2.05, 4.69) is 81.4 Å². The van der Waals surface area contributed by atoms with E-state index < -0.39 is 0 Å². The summed E-state index contributed by atoms with van der Waals surface area (Å²) in [5.74, 6) is 0.465. The van der Waals surface area contributed by atoms with Crippen LogP contribution >= 0.6 is 36.2 Å². The number of nitrogens with zero attached hydrogens (tertiary/aromatic N) is 1. The molecule has 0 spiro atoms. The zero-order valence-corrected chi connectivity index (χ0v) is 20.9. The second-order valence-corrected chi connectivity index (χ2v) is 10.6. The number of benzene rings is 1. The van der Waals surface area contributed by atoms with Gasteiger partial charge in [0.25, 0.3) is 0 Å². The summed E-state index contributed by atoms with van der Waals surface area (Å²) >= 11 is 1.78. The van der Waals surface area contributed by atoms with E-state index >= 15 is 0 Å². The Balaban J connectivity index is 0.00000210. The lowest BCUT2D eigenvalue weighted by Gasteiger charge is -2.37. The number of hydrogen-bond acceptors (Lipinski definition) is 4. The van der Waals surface area contributed by atoms with Gasteiger partial charge in [0.05, 0.1) is 6.04 Å². The van der Waals surface area contributed by atoms with Gasteiger partial charge >= 0.3 is 0 Å². The van der Waals surface area contributed by atoms with Crippen molar-refractivity contribution in [3.05, 3.63) is 51.2 Å². The molecule has 0 bridgehead atoms. The van der Waals surface area contributed by atoms with Crippen LogP contribution in [0.25, 0.3) is 0 Å². The van der Waals surface area contributed by atoms with Gasteiger partial charge in [-0.25, -0.2) is 0 Å². The first-order chi connectivity index (χ1) is 12.6. The lowest BCUT2D eigenvalue weighted by molar-refractivity contribution is 0.197. The maximum Gasteiger partial charge on any atom is 0.124 e. The summed E-state index contributed by atoms with van der Waals surface area (Å²) in [7, 11) is 0. The van der Waals surface area contributed by atoms with Crippen LogP contribution in [0.1, 0.15) is 69.2 Å². The van der Waals surface area contributed by atoms with Crippen LogP contribution in [0, 0.1) is 0 Å². The predicted molar refractivity (Wildman–Crippen MR) is 131 cm³/mol. The number of piperazine rings is 1. The smallest absolute Gasteiger partial charge is 0.124 e. The zero-order valence-electron chi connectivity index (χ0n) is 18.4. The van der Waals surface area contributed by atoms with E-state index in [1.165, 1.54) is 10.4 Å². The molecular formula is C23H36Cl2N2OS. The van der Waals surface area contributed by atoms with Gasteiger partial charge in [0.2, 0.25) is 0 Å². The van der Waals surface area contributed by atoms with Crippen LogP contribution < -0.4 is 5.32 Å². The van der Waals surface area contributed by atoms with Crippen LogP contribution in [0.5, 0.6) is 5.75 Å². The Morgan fingerprint density at radius 3 is 2.10 bits per heavy atom. The molecule has 6 heteroatoms. The van der Waals surface area contributed by atoms with Crippen LogP contribution in [0.15, 0.2) is 29.6 Å². The summed E-state index contributed by atoms with van der Waals surface area (Å²) in [5, 5.41) is 17.0. The highest BCUT2D eigenvalue weighted by atomic mass is 35.5. The number of rotatable bonds is 3. The molecule has 1 saturated heterocycles. The van der Waals surface area contributed by atoms with E-state index in [4.69, 9.17) is 0 Å². The largest absolute Gasteiger partial charge is 0.507 e. The third-order valence-corrected chi connectivity index (χ3v) is 6.36. The molecule has 0 amide bonds. The van der Waals surface area contributed by atoms with Crippen molar-refractivity contribution in [3.63, 3.8) is 0 Å². The van der Waals surface area contributed by atoms with Crippen molar-refractivity contribution in [3.8, 4) is 5.75 Å². The molecule has 2 aromatic rings. The highest BCUT2D eigenvalue weighted by Crippen LogP contribution is 2.44. The standard InChI is InChI=1S/C23H34N2OS.2ClH/c1-22(2,3)16-14-17(21(26)18(15-16)23(4,5)6)20(19-8-7-13-27-19)25-11-9-24-10-12-25;;/h7-8,13-15,20,24,26H,9-12H2,1-6H3;2*1H/t20-;;/m0../s1. The minimum atomic E-state index is -0.108. The third kappa shape index (κ3) is 5.89. The number of nitrogens with one attached hydrogen (secondary N) is 1. The molecule has 1 aromatic heterocycles. The molecule has 2 heterocycles. The number of halogens is 2. The van der Waals surface area contributed by atoms with Gasteiger partial charge in [-0.15, -0.1) is 36.2 Å². The van der Waals surface area contributed by atoms with Crippen molar-refractivity contribution in [2.45, 2.75) is 58.4 Å². The van der Waals surface area contributed by atoms with Crippen LogP contribution in [-0.2, 0) is 10.8 Å². The second kappa shape index (κ2) is 10.0. The minimum Gasteiger partial charge on any atom is -0.507 e. The first kappa shape index (κ1) is 26.3. The summed E-state index contributed by atoms with van der Waals surface area (Å²) < 4.78 is 0. The summed E-state index contributed by atoms with van der Waals surface area (Å²) in [6, 6.07) is 8.89. The number of phenolic OH excluding ortho intramolecular Hbond substituents is 1. The molecule has 0 aliphatic carbocycles. The molecule has 3 rings (SSSR count). The average Bonchev–Trinajstić information content (AvgIpc) is 3.09. The molecule has 3 nitrogen and oxygen atoms in total. The topological polar surface area (TPSA) is 35.5 Å². The Labute approximate surface area is 192 Å². The molecule has 0 radical (unpaired) electrons. The van der Waals surface area contributed by atoms with E-state index in [9.17, 15) is 5.11 Å². The number of phenols is 1. The second-order valence-electron chi connectivity index (χ2n) is 9.67. The van der Waals surface area contributed by atoms with Crippen molar-refractivity contribution in [2.24, 2.45) is 0 Å². The van der Waals surface area contributed by atoms with Crippen molar-refractivity contribution < 1.29 is 5.11 Å². The highest BCUT2D eigenvalue weighted by molar-refractivity contribution is 7.10. The molecule has 1 aliphatic heterocycles. The Kier molecular flexibility index (Phi) is 9.07. The molecule has 1 aromatic carbocycles. The van der Waals surface area contributed by atoms with E-state index in [1.54, 1.807) is 11.3 Å². The zero-order chi connectivity index (χ0) is 19.8. The monoisotopic (exact) mass is 458 g/mol. The Bertz CT molecular complexity index is 773. The summed E-state index contributed by atoms with van der Waals surface area (Å²) in [5.41, 5.74) is 3.31. The van der Waals surface area contributed by atoms with Gasteiger partial charge in [-0.3, -0.25) is 4.90 Å². The summed E-state index contributed by atoms with van der Waals surface area (Å²) in [6.45, 7) is 17.3. The lowest BCUT2D eigenvalue weighted by Crippen LogP contribution is -2.45. The Morgan fingerprint density at radius 2 is 1.62 bits per heavy atom. The maximum atomic E-state index is 11.4. The van der Waals surface area contributed by atoms with Gasteiger partial charge in [0.1, 0.15) is 5.75 Å². The van der Waals surface area contributed by atoms with E-state index in [0.29, 0.717) is 5.75 Å². The van der Waals surface area contributed by atoms with Crippen molar-refractivity contribution >= 4 is 36.2 Å². The molecule has 1 atom stereocenters. The molecule has 1 fully saturated rings. The van der Waals surface area contributed by atoms with Crippen LogP contribution in [0.3, 0.4) is 0 Å². The van der Waals surface area contributed by atoms with Crippen molar-refractivity contribution in [2.75, 3.05) is 26.2 Å². The van der Waals surface area contributed by atoms with E-state index in [1.807, 2.05) is 0 Å². The van der Waals surface area contributed by atoms with Gasteiger partial charge in [-0.2, -0.15) is 0 Å². The molecule has 1 aliphatic rings. The van der Waals surface area contributed by atoms with E-state index in [0.717, 1.165) is 37.3 Å². The minimum absolute atomic E-state index is 0. The number of thiophene rings is 1. The molecule has 0 saturated carbocycles. The Morgan fingerprint density at radius 1 is 1.00 bits per heavy atom. The first-order valence-corrected chi connectivity index (χ1v) is 10.8. The first-order valence-electron chi connectivity index (χ1n) is 9.95. The molecule has 164 valence electrons. The molecular weight excluding hydrogens is 423 g/mol. The van der Waals surface area contributed by atoms with Crippen molar-refractivity contribution in [1.29, 1.82) is 0 Å².